The molecule has 0 fully saturated rings. The topological polar surface area (TPSA) is 69.6 Å². The summed E-state index contributed by atoms with van der Waals surface area (Å²) in [7, 11) is 0. The number of rotatable bonds is 9. The zero-order valence-electron chi connectivity index (χ0n) is 13.8. The molecule has 0 aliphatic carbocycles. The van der Waals surface area contributed by atoms with Crippen LogP contribution in [-0.2, 0) is 4.79 Å². The van der Waals surface area contributed by atoms with Gasteiger partial charge in [-0.3, -0.25) is 4.79 Å². The van der Waals surface area contributed by atoms with E-state index in [0.717, 1.165) is 12.8 Å². The van der Waals surface area contributed by atoms with E-state index in [9.17, 15) is 9.59 Å². The van der Waals surface area contributed by atoms with E-state index < -0.39 is 5.97 Å². The highest BCUT2D eigenvalue weighted by molar-refractivity contribution is 5.75. The van der Waals surface area contributed by atoms with Gasteiger partial charge in [0.15, 0.2) is 0 Å². The van der Waals surface area contributed by atoms with Gasteiger partial charge in [0.2, 0.25) is 0 Å². The Morgan fingerprint density at radius 1 is 1.33 bits per heavy atom. The minimum absolute atomic E-state index is 0.101. The summed E-state index contributed by atoms with van der Waals surface area (Å²) in [4.78, 5) is 24.5. The molecule has 0 bridgehead atoms. The number of nitrogens with zero attached hydrogens (tertiary/aromatic N) is 1. The normalized spacial score (nSPS) is 12.6. The molecule has 5 nitrogen and oxygen atoms in total. The fraction of sp³-hybridized carbons (Fsp3) is 0.750. The van der Waals surface area contributed by atoms with Crippen LogP contribution < -0.4 is 5.32 Å². The van der Waals surface area contributed by atoms with Crippen LogP contribution in [0.2, 0.25) is 0 Å². The van der Waals surface area contributed by atoms with Gasteiger partial charge in [-0.1, -0.05) is 19.4 Å². The Labute approximate surface area is 128 Å². The Morgan fingerprint density at radius 3 is 2.38 bits per heavy atom. The summed E-state index contributed by atoms with van der Waals surface area (Å²) in [5.74, 6) is -0.425. The van der Waals surface area contributed by atoms with Crippen molar-refractivity contribution in [3.05, 3.63) is 12.7 Å². The SMILES string of the molecule is C=CCN(C(=O)NCCC(CC)CCC(=O)O)C(C)(C)C. The number of urea groups is 1. The van der Waals surface area contributed by atoms with E-state index in [1.54, 1.807) is 11.0 Å². The van der Waals surface area contributed by atoms with Gasteiger partial charge in [-0.2, -0.15) is 0 Å². The van der Waals surface area contributed by atoms with Crippen molar-refractivity contribution in [1.29, 1.82) is 0 Å². The molecule has 0 radical (unpaired) electrons. The maximum Gasteiger partial charge on any atom is 0.318 e. The third-order valence-corrected chi connectivity index (χ3v) is 3.54. The lowest BCUT2D eigenvalue weighted by Gasteiger charge is -2.35. The summed E-state index contributed by atoms with van der Waals surface area (Å²) in [5.41, 5.74) is -0.258. The number of carboxylic acids is 1. The molecule has 2 N–H and O–H groups in total. The summed E-state index contributed by atoms with van der Waals surface area (Å²) < 4.78 is 0. The fourth-order valence-corrected chi connectivity index (χ4v) is 2.15. The number of amides is 2. The van der Waals surface area contributed by atoms with E-state index in [1.807, 2.05) is 27.7 Å². The van der Waals surface area contributed by atoms with Crippen LogP contribution in [-0.4, -0.2) is 40.6 Å². The molecular weight excluding hydrogens is 268 g/mol. The van der Waals surface area contributed by atoms with Crippen LogP contribution in [0.3, 0.4) is 0 Å². The van der Waals surface area contributed by atoms with Gasteiger partial charge < -0.3 is 15.3 Å². The first kappa shape index (κ1) is 19.5. The standard InChI is InChI=1S/C16H30N2O3/c1-6-12-18(16(3,4)5)15(21)17-11-10-13(7-2)8-9-14(19)20/h6,13H,1,7-12H2,2-5H3,(H,17,21)(H,19,20). The monoisotopic (exact) mass is 298 g/mol. The summed E-state index contributed by atoms with van der Waals surface area (Å²) >= 11 is 0. The Kier molecular flexibility index (Phi) is 8.74. The lowest BCUT2D eigenvalue weighted by atomic mass is 9.97. The Balaban J connectivity index is 4.26. The molecule has 5 heteroatoms. The lowest BCUT2D eigenvalue weighted by Crippen LogP contribution is -2.50. The van der Waals surface area contributed by atoms with Crippen LogP contribution in [0.1, 0.15) is 53.4 Å². The van der Waals surface area contributed by atoms with Crippen molar-refractivity contribution in [2.45, 2.75) is 58.9 Å². The largest absolute Gasteiger partial charge is 0.481 e. The molecule has 2 amide bonds. The van der Waals surface area contributed by atoms with Crippen molar-refractivity contribution >= 4 is 12.0 Å². The molecule has 0 saturated carbocycles. The molecule has 0 aromatic heterocycles. The number of carboxylic acid groups (broad SMARTS) is 1. The van der Waals surface area contributed by atoms with Gasteiger partial charge in [0.1, 0.15) is 0 Å². The number of nitrogens with one attached hydrogen (secondary N) is 1. The second-order valence-corrected chi connectivity index (χ2v) is 6.30. The van der Waals surface area contributed by atoms with E-state index in [4.69, 9.17) is 5.11 Å². The minimum atomic E-state index is -0.762. The quantitative estimate of drug-likeness (QED) is 0.642. The van der Waals surface area contributed by atoms with Crippen LogP contribution in [0, 0.1) is 5.92 Å². The van der Waals surface area contributed by atoms with Gasteiger partial charge >= 0.3 is 12.0 Å². The van der Waals surface area contributed by atoms with Crippen molar-refractivity contribution in [2.24, 2.45) is 5.92 Å². The van der Waals surface area contributed by atoms with Crippen molar-refractivity contribution in [3.63, 3.8) is 0 Å². The molecule has 1 unspecified atom stereocenters. The molecule has 0 aliphatic heterocycles. The molecular formula is C16H30N2O3. The minimum Gasteiger partial charge on any atom is -0.481 e. The molecule has 0 spiro atoms. The van der Waals surface area contributed by atoms with Crippen molar-refractivity contribution in [3.8, 4) is 0 Å². The summed E-state index contributed by atoms with van der Waals surface area (Å²) in [6.07, 6.45) is 4.31. The second-order valence-electron chi connectivity index (χ2n) is 6.30. The van der Waals surface area contributed by atoms with Gasteiger partial charge in [0.05, 0.1) is 0 Å². The van der Waals surface area contributed by atoms with E-state index in [0.29, 0.717) is 25.4 Å². The molecule has 0 aliphatic rings. The first-order chi connectivity index (χ1) is 9.72. The molecule has 122 valence electrons. The van der Waals surface area contributed by atoms with Crippen LogP contribution >= 0.6 is 0 Å². The van der Waals surface area contributed by atoms with Gasteiger partial charge in [-0.05, 0) is 39.5 Å². The molecule has 0 aromatic carbocycles. The smallest absolute Gasteiger partial charge is 0.318 e. The van der Waals surface area contributed by atoms with Crippen LogP contribution in [0.15, 0.2) is 12.7 Å². The van der Waals surface area contributed by atoms with E-state index in [-0.39, 0.29) is 18.0 Å². The molecule has 0 rings (SSSR count). The average molecular weight is 298 g/mol. The zero-order valence-corrected chi connectivity index (χ0v) is 13.8. The highest BCUT2D eigenvalue weighted by atomic mass is 16.4. The third-order valence-electron chi connectivity index (χ3n) is 3.54. The summed E-state index contributed by atoms with van der Waals surface area (Å²) in [5, 5.41) is 11.6. The number of aliphatic carboxylic acids is 1. The maximum absolute atomic E-state index is 12.2. The van der Waals surface area contributed by atoms with E-state index in [1.165, 1.54) is 0 Å². The predicted molar refractivity (Wildman–Crippen MR) is 85.3 cm³/mol. The number of carbonyl (C=O) groups excluding carboxylic acids is 1. The van der Waals surface area contributed by atoms with E-state index in [2.05, 4.69) is 11.9 Å². The van der Waals surface area contributed by atoms with Gasteiger partial charge in [0, 0.05) is 25.0 Å². The first-order valence-electron chi connectivity index (χ1n) is 7.60. The molecule has 0 heterocycles. The fourth-order valence-electron chi connectivity index (χ4n) is 2.15. The molecule has 0 aromatic rings. The Morgan fingerprint density at radius 2 is 1.95 bits per heavy atom. The summed E-state index contributed by atoms with van der Waals surface area (Å²) in [6.45, 7) is 12.8. The van der Waals surface area contributed by atoms with Gasteiger partial charge in [0.25, 0.3) is 0 Å². The maximum atomic E-state index is 12.2. The van der Waals surface area contributed by atoms with Crippen LogP contribution in [0.5, 0.6) is 0 Å². The molecule has 21 heavy (non-hydrogen) atoms. The lowest BCUT2D eigenvalue weighted by molar-refractivity contribution is -0.137. The van der Waals surface area contributed by atoms with Gasteiger partial charge in [-0.25, -0.2) is 4.79 Å². The van der Waals surface area contributed by atoms with Crippen molar-refractivity contribution in [1.82, 2.24) is 10.2 Å². The van der Waals surface area contributed by atoms with Crippen molar-refractivity contribution in [2.75, 3.05) is 13.1 Å². The number of carbonyl (C=O) groups is 2. The highest BCUT2D eigenvalue weighted by Gasteiger charge is 2.25. The molecule has 0 saturated heterocycles. The predicted octanol–water partition coefficient (Wildman–Crippen LogP) is 3.26. The second kappa shape index (κ2) is 9.42. The van der Waals surface area contributed by atoms with E-state index >= 15 is 0 Å². The van der Waals surface area contributed by atoms with Crippen LogP contribution in [0.4, 0.5) is 4.79 Å². The van der Waals surface area contributed by atoms with Crippen LogP contribution in [0.25, 0.3) is 0 Å². The van der Waals surface area contributed by atoms with Crippen molar-refractivity contribution < 1.29 is 14.7 Å². The number of hydrogen-bond acceptors (Lipinski definition) is 2. The first-order valence-corrected chi connectivity index (χ1v) is 7.60. The third kappa shape index (κ3) is 8.38. The summed E-state index contributed by atoms with van der Waals surface area (Å²) in [6, 6.07) is -0.101. The van der Waals surface area contributed by atoms with Gasteiger partial charge in [-0.15, -0.1) is 6.58 Å². The zero-order chi connectivity index (χ0) is 16.5. The Hall–Kier alpha value is -1.52. The Bertz CT molecular complexity index is 348. The average Bonchev–Trinajstić information content (AvgIpc) is 2.38. The number of hydrogen-bond donors (Lipinski definition) is 2. The highest BCUT2D eigenvalue weighted by Crippen LogP contribution is 2.16. The molecule has 1 atom stereocenters.